The molecule has 0 bridgehead atoms. The van der Waals surface area contributed by atoms with Crippen LogP contribution in [-0.2, 0) is 4.79 Å². The summed E-state index contributed by atoms with van der Waals surface area (Å²) in [7, 11) is 1.59. The smallest absolute Gasteiger partial charge is 0.221 e. The number of halogens is 1. The zero-order valence-corrected chi connectivity index (χ0v) is 9.80. The molecule has 2 N–H and O–H groups in total. The average Bonchev–Trinajstić information content (AvgIpc) is 2.24. The Morgan fingerprint density at radius 1 is 1.50 bits per heavy atom. The number of amides is 1. The maximum absolute atomic E-state index is 13.6. The van der Waals surface area contributed by atoms with Crippen molar-refractivity contribution in [2.45, 2.75) is 26.3 Å². The van der Waals surface area contributed by atoms with Crippen molar-refractivity contribution in [3.63, 3.8) is 0 Å². The number of hydrogen-bond acceptors (Lipinski definition) is 2. The summed E-state index contributed by atoms with van der Waals surface area (Å²) >= 11 is 0. The van der Waals surface area contributed by atoms with E-state index >= 15 is 0 Å². The molecule has 1 aromatic carbocycles. The van der Waals surface area contributed by atoms with Crippen LogP contribution in [-0.4, -0.2) is 19.0 Å². The van der Waals surface area contributed by atoms with E-state index in [4.69, 9.17) is 0 Å². The van der Waals surface area contributed by atoms with E-state index in [0.717, 1.165) is 0 Å². The predicted molar refractivity (Wildman–Crippen MR) is 62.9 cm³/mol. The zero-order chi connectivity index (χ0) is 12.1. The molecule has 0 saturated carbocycles. The first-order valence-corrected chi connectivity index (χ1v) is 5.26. The first kappa shape index (κ1) is 12.5. The maximum Gasteiger partial charge on any atom is 0.221 e. The van der Waals surface area contributed by atoms with Crippen LogP contribution in [0.1, 0.15) is 18.9 Å². The fourth-order valence-corrected chi connectivity index (χ4v) is 1.46. The molecule has 0 saturated heterocycles. The van der Waals surface area contributed by atoms with E-state index in [9.17, 15) is 9.18 Å². The van der Waals surface area contributed by atoms with Crippen molar-refractivity contribution < 1.29 is 9.18 Å². The molecule has 16 heavy (non-hydrogen) atoms. The predicted octanol–water partition coefficient (Wildman–Crippen LogP) is 2.07. The van der Waals surface area contributed by atoms with Crippen molar-refractivity contribution in [2.24, 2.45) is 0 Å². The summed E-state index contributed by atoms with van der Waals surface area (Å²) in [6.07, 6.45) is 0.323. The number of hydrogen-bond donors (Lipinski definition) is 2. The van der Waals surface area contributed by atoms with Crippen molar-refractivity contribution in [2.75, 3.05) is 12.4 Å². The molecular formula is C12H17FN2O. The van der Waals surface area contributed by atoms with E-state index in [0.29, 0.717) is 17.7 Å². The highest BCUT2D eigenvalue weighted by atomic mass is 19.1. The minimum atomic E-state index is -0.258. The molecule has 0 aliphatic heterocycles. The van der Waals surface area contributed by atoms with Gasteiger partial charge in [0.05, 0.1) is 5.69 Å². The van der Waals surface area contributed by atoms with Crippen LogP contribution in [0, 0.1) is 12.7 Å². The van der Waals surface area contributed by atoms with Crippen LogP contribution in [0.2, 0.25) is 0 Å². The quantitative estimate of drug-likeness (QED) is 0.822. The van der Waals surface area contributed by atoms with Crippen molar-refractivity contribution in [1.29, 1.82) is 0 Å². The lowest BCUT2D eigenvalue weighted by Crippen LogP contribution is -2.27. The Morgan fingerprint density at radius 2 is 2.19 bits per heavy atom. The van der Waals surface area contributed by atoms with Crippen molar-refractivity contribution in [3.05, 3.63) is 29.6 Å². The molecule has 1 unspecified atom stereocenters. The fraction of sp³-hybridized carbons (Fsp3) is 0.417. The lowest BCUT2D eigenvalue weighted by Gasteiger charge is -2.15. The van der Waals surface area contributed by atoms with Crippen LogP contribution in [0.5, 0.6) is 0 Å². The monoisotopic (exact) mass is 224 g/mol. The molecule has 0 fully saturated rings. The highest BCUT2D eigenvalue weighted by molar-refractivity contribution is 5.76. The second kappa shape index (κ2) is 5.49. The van der Waals surface area contributed by atoms with Crippen LogP contribution < -0.4 is 10.6 Å². The van der Waals surface area contributed by atoms with Gasteiger partial charge in [-0.2, -0.15) is 0 Å². The first-order chi connectivity index (χ1) is 7.54. The van der Waals surface area contributed by atoms with E-state index in [1.54, 1.807) is 32.2 Å². The van der Waals surface area contributed by atoms with Gasteiger partial charge in [-0.15, -0.1) is 0 Å². The molecule has 1 amide bonds. The molecule has 0 spiro atoms. The highest BCUT2D eigenvalue weighted by Crippen LogP contribution is 2.18. The van der Waals surface area contributed by atoms with E-state index in [2.05, 4.69) is 10.6 Å². The van der Waals surface area contributed by atoms with Crippen LogP contribution in [0.4, 0.5) is 10.1 Å². The Labute approximate surface area is 95.0 Å². The van der Waals surface area contributed by atoms with Crippen molar-refractivity contribution >= 4 is 11.6 Å². The number of anilines is 1. The van der Waals surface area contributed by atoms with Gasteiger partial charge in [-0.25, -0.2) is 4.39 Å². The Bertz CT molecular complexity index is 379. The molecule has 0 aliphatic carbocycles. The topological polar surface area (TPSA) is 41.1 Å². The van der Waals surface area contributed by atoms with Crippen molar-refractivity contribution in [1.82, 2.24) is 5.32 Å². The van der Waals surface area contributed by atoms with Gasteiger partial charge >= 0.3 is 0 Å². The first-order valence-electron chi connectivity index (χ1n) is 5.26. The van der Waals surface area contributed by atoms with Crippen LogP contribution in [0.25, 0.3) is 0 Å². The Kier molecular flexibility index (Phi) is 4.28. The second-order valence-electron chi connectivity index (χ2n) is 3.86. The minimum Gasteiger partial charge on any atom is -0.380 e. The lowest BCUT2D eigenvalue weighted by atomic mass is 10.1. The Balaban J connectivity index is 2.66. The normalized spacial score (nSPS) is 12.0. The summed E-state index contributed by atoms with van der Waals surface area (Å²) in [5.41, 5.74) is 1.04. The van der Waals surface area contributed by atoms with Crippen LogP contribution in [0.3, 0.4) is 0 Å². The van der Waals surface area contributed by atoms with Gasteiger partial charge in [0, 0.05) is 19.5 Å². The SMILES string of the molecule is CNC(=O)CC(C)Nc1cccc(C)c1F. The van der Waals surface area contributed by atoms with Gasteiger partial charge in [-0.1, -0.05) is 12.1 Å². The second-order valence-corrected chi connectivity index (χ2v) is 3.86. The summed E-state index contributed by atoms with van der Waals surface area (Å²) in [5.74, 6) is -0.320. The molecule has 0 aromatic heterocycles. The van der Waals surface area contributed by atoms with Gasteiger partial charge in [0.2, 0.25) is 5.91 Å². The molecule has 1 rings (SSSR count). The molecule has 88 valence electrons. The van der Waals surface area contributed by atoms with E-state index in [1.807, 2.05) is 6.92 Å². The van der Waals surface area contributed by atoms with Gasteiger partial charge < -0.3 is 10.6 Å². The minimum absolute atomic E-state index is 0.0620. The van der Waals surface area contributed by atoms with Gasteiger partial charge in [-0.05, 0) is 25.5 Å². The third-order valence-electron chi connectivity index (χ3n) is 2.36. The van der Waals surface area contributed by atoms with E-state index in [-0.39, 0.29) is 17.8 Å². The zero-order valence-electron chi connectivity index (χ0n) is 9.80. The fourth-order valence-electron chi connectivity index (χ4n) is 1.46. The molecule has 1 aromatic rings. The third kappa shape index (κ3) is 3.22. The van der Waals surface area contributed by atoms with Crippen LogP contribution in [0.15, 0.2) is 18.2 Å². The average molecular weight is 224 g/mol. The number of carbonyl (C=O) groups excluding carboxylic acids is 1. The third-order valence-corrected chi connectivity index (χ3v) is 2.36. The number of benzene rings is 1. The largest absolute Gasteiger partial charge is 0.380 e. The van der Waals surface area contributed by atoms with E-state index < -0.39 is 0 Å². The number of rotatable bonds is 4. The number of nitrogens with one attached hydrogen (secondary N) is 2. The van der Waals surface area contributed by atoms with Gasteiger partial charge in [0.1, 0.15) is 5.82 Å². The number of aryl methyl sites for hydroxylation is 1. The molecule has 4 heteroatoms. The lowest BCUT2D eigenvalue weighted by molar-refractivity contribution is -0.120. The van der Waals surface area contributed by atoms with Gasteiger partial charge in [0.25, 0.3) is 0 Å². The molecule has 0 radical (unpaired) electrons. The molecular weight excluding hydrogens is 207 g/mol. The molecule has 3 nitrogen and oxygen atoms in total. The standard InChI is InChI=1S/C12H17FN2O/c1-8-5-4-6-10(12(8)13)15-9(2)7-11(16)14-3/h4-6,9,15H,7H2,1-3H3,(H,14,16). The molecule has 0 aliphatic rings. The van der Waals surface area contributed by atoms with Gasteiger partial charge in [0.15, 0.2) is 0 Å². The maximum atomic E-state index is 13.6. The Morgan fingerprint density at radius 3 is 2.81 bits per heavy atom. The molecule has 0 heterocycles. The summed E-state index contributed by atoms with van der Waals surface area (Å²) in [6, 6.07) is 5.07. The summed E-state index contributed by atoms with van der Waals surface area (Å²) in [5, 5.41) is 5.52. The summed E-state index contributed by atoms with van der Waals surface area (Å²) < 4.78 is 13.6. The highest BCUT2D eigenvalue weighted by Gasteiger charge is 2.10. The Hall–Kier alpha value is -1.58. The van der Waals surface area contributed by atoms with Crippen LogP contribution >= 0.6 is 0 Å². The van der Waals surface area contributed by atoms with E-state index in [1.165, 1.54) is 0 Å². The molecule has 1 atom stereocenters. The number of carbonyl (C=O) groups is 1. The van der Waals surface area contributed by atoms with Gasteiger partial charge in [-0.3, -0.25) is 4.79 Å². The summed E-state index contributed by atoms with van der Waals surface area (Å²) in [4.78, 5) is 11.1. The van der Waals surface area contributed by atoms with Crippen molar-refractivity contribution in [3.8, 4) is 0 Å². The summed E-state index contributed by atoms with van der Waals surface area (Å²) in [6.45, 7) is 3.56.